The Hall–Kier alpha value is -0.790. The van der Waals surface area contributed by atoms with Gasteiger partial charge in [0.05, 0.1) is 0 Å². The molecule has 2 nitrogen and oxygen atoms in total. The first-order valence-electron chi connectivity index (χ1n) is 22.3. The van der Waals surface area contributed by atoms with E-state index >= 15 is 0 Å². The molecule has 1 aromatic heterocycles. The van der Waals surface area contributed by atoms with Crippen molar-refractivity contribution in [1.29, 1.82) is 0 Å². The van der Waals surface area contributed by atoms with Crippen molar-refractivity contribution in [3.8, 4) is 0 Å². The Bertz CT molecular complexity index is 723. The lowest BCUT2D eigenvalue weighted by atomic mass is 9.92. The van der Waals surface area contributed by atoms with E-state index in [1.54, 1.807) is 0 Å². The molecule has 0 saturated heterocycles. The van der Waals surface area contributed by atoms with Crippen molar-refractivity contribution in [2.24, 2.45) is 0 Å². The summed E-state index contributed by atoms with van der Waals surface area (Å²) in [6.07, 6.45) is 55.8. The maximum atomic E-state index is 4.99. The van der Waals surface area contributed by atoms with Gasteiger partial charge in [-0.25, -0.2) is 4.98 Å². The number of rotatable bonds is 38. The fourth-order valence-corrected chi connectivity index (χ4v) is 7.76. The van der Waals surface area contributed by atoms with Crippen molar-refractivity contribution in [1.82, 2.24) is 9.55 Å². The molecule has 0 aromatic carbocycles. The van der Waals surface area contributed by atoms with E-state index in [4.69, 9.17) is 4.98 Å². The first-order valence-corrected chi connectivity index (χ1v) is 22.3. The second-order valence-corrected chi connectivity index (χ2v) is 15.7. The lowest BCUT2D eigenvalue weighted by molar-refractivity contribution is 0.416. The van der Waals surface area contributed by atoms with Crippen LogP contribution in [-0.4, -0.2) is 9.55 Å². The van der Waals surface area contributed by atoms with Crippen molar-refractivity contribution in [3.05, 3.63) is 18.2 Å². The Labute approximate surface area is 297 Å². The largest absolute Gasteiger partial charge is 0.332 e. The third-order valence-electron chi connectivity index (χ3n) is 11.1. The average Bonchev–Trinajstić information content (AvgIpc) is 3.58. The zero-order valence-electron chi connectivity index (χ0n) is 33.2. The standard InChI is InChI=1S/C45H88N2/c1-5-8-11-13-15-17-19-21-23-25-27-29-31-33-35-37-40-44(45-46-41-42-47(45)43(4)38-10-7-3)39-36-34-32-30-28-26-24-22-20-18-16-14-12-9-6-2/h41-44H,5-40H2,1-4H3. The predicted octanol–water partition coefficient (Wildman–Crippen LogP) is 16.6. The minimum Gasteiger partial charge on any atom is -0.332 e. The van der Waals surface area contributed by atoms with Crippen molar-refractivity contribution in [3.63, 3.8) is 0 Å². The van der Waals surface area contributed by atoms with Crippen LogP contribution in [-0.2, 0) is 0 Å². The molecule has 0 N–H and O–H groups in total. The Morgan fingerprint density at radius 1 is 0.404 bits per heavy atom. The summed E-state index contributed by atoms with van der Waals surface area (Å²) in [5, 5.41) is 0. The molecule has 0 bridgehead atoms. The zero-order valence-corrected chi connectivity index (χ0v) is 33.2. The topological polar surface area (TPSA) is 17.8 Å². The molecule has 1 heterocycles. The van der Waals surface area contributed by atoms with Crippen LogP contribution in [0.2, 0.25) is 0 Å². The molecule has 47 heavy (non-hydrogen) atoms. The van der Waals surface area contributed by atoms with E-state index in [0.717, 1.165) is 0 Å². The van der Waals surface area contributed by atoms with Crippen LogP contribution >= 0.6 is 0 Å². The monoisotopic (exact) mass is 657 g/mol. The second kappa shape index (κ2) is 35.1. The van der Waals surface area contributed by atoms with Gasteiger partial charge in [0.15, 0.2) is 0 Å². The van der Waals surface area contributed by atoms with E-state index in [1.165, 1.54) is 237 Å². The second-order valence-electron chi connectivity index (χ2n) is 15.7. The number of aromatic nitrogens is 2. The Kier molecular flexibility index (Phi) is 33.0. The highest BCUT2D eigenvalue weighted by Crippen LogP contribution is 2.30. The summed E-state index contributed by atoms with van der Waals surface area (Å²) >= 11 is 0. The summed E-state index contributed by atoms with van der Waals surface area (Å²) in [4.78, 5) is 4.99. The highest BCUT2D eigenvalue weighted by molar-refractivity contribution is 5.02. The van der Waals surface area contributed by atoms with Crippen LogP contribution in [0.4, 0.5) is 0 Å². The van der Waals surface area contributed by atoms with E-state index in [0.29, 0.717) is 12.0 Å². The van der Waals surface area contributed by atoms with Crippen LogP contribution in [0.1, 0.15) is 277 Å². The third kappa shape index (κ3) is 26.7. The quantitative estimate of drug-likeness (QED) is 0.0648. The maximum absolute atomic E-state index is 4.99. The molecule has 0 aliphatic carbocycles. The SMILES string of the molecule is CCCCCCCCCCCCCCCCCCC(CCCCCCCCCCCCCCCCC)c1nccn1C(C)CCCC. The Morgan fingerprint density at radius 3 is 1.02 bits per heavy atom. The zero-order chi connectivity index (χ0) is 33.9. The van der Waals surface area contributed by atoms with E-state index in [2.05, 4.69) is 44.7 Å². The number of imidazole rings is 1. The molecule has 0 fully saturated rings. The van der Waals surface area contributed by atoms with Crippen LogP contribution in [0.5, 0.6) is 0 Å². The molecule has 2 atom stereocenters. The lowest BCUT2D eigenvalue weighted by Gasteiger charge is -2.22. The van der Waals surface area contributed by atoms with Crippen LogP contribution < -0.4 is 0 Å². The molecule has 2 unspecified atom stereocenters. The number of hydrogen-bond donors (Lipinski definition) is 0. The highest BCUT2D eigenvalue weighted by Gasteiger charge is 2.19. The van der Waals surface area contributed by atoms with Gasteiger partial charge >= 0.3 is 0 Å². The van der Waals surface area contributed by atoms with Gasteiger partial charge in [-0.15, -0.1) is 0 Å². The van der Waals surface area contributed by atoms with Crippen molar-refractivity contribution in [2.75, 3.05) is 0 Å². The molecule has 0 aliphatic rings. The van der Waals surface area contributed by atoms with Gasteiger partial charge in [0.25, 0.3) is 0 Å². The van der Waals surface area contributed by atoms with E-state index in [9.17, 15) is 0 Å². The first kappa shape index (κ1) is 44.2. The van der Waals surface area contributed by atoms with Gasteiger partial charge in [0, 0.05) is 24.4 Å². The fraction of sp³-hybridized carbons (Fsp3) is 0.933. The molecule has 1 rings (SSSR count). The average molecular weight is 657 g/mol. The number of unbranched alkanes of at least 4 members (excludes halogenated alkanes) is 30. The number of hydrogen-bond acceptors (Lipinski definition) is 1. The third-order valence-corrected chi connectivity index (χ3v) is 11.1. The maximum Gasteiger partial charge on any atom is 0.111 e. The molecular weight excluding hydrogens is 569 g/mol. The summed E-state index contributed by atoms with van der Waals surface area (Å²) in [6, 6.07) is 0.585. The minimum atomic E-state index is 0.585. The molecule has 278 valence electrons. The minimum absolute atomic E-state index is 0.585. The summed E-state index contributed by atoms with van der Waals surface area (Å²) in [5.41, 5.74) is 0. The van der Waals surface area contributed by atoms with Gasteiger partial charge in [0.1, 0.15) is 5.82 Å². The molecule has 0 saturated carbocycles. The molecule has 0 radical (unpaired) electrons. The molecule has 2 heteroatoms. The fourth-order valence-electron chi connectivity index (χ4n) is 7.76. The van der Waals surface area contributed by atoms with Gasteiger partial charge in [-0.1, -0.05) is 233 Å². The molecular formula is C45H88N2. The van der Waals surface area contributed by atoms with E-state index in [-0.39, 0.29) is 0 Å². The summed E-state index contributed by atoms with van der Waals surface area (Å²) < 4.78 is 2.55. The van der Waals surface area contributed by atoms with Crippen molar-refractivity contribution < 1.29 is 0 Å². The Morgan fingerprint density at radius 2 is 0.702 bits per heavy atom. The smallest absolute Gasteiger partial charge is 0.111 e. The number of nitrogens with zero attached hydrogens (tertiary/aromatic N) is 2. The lowest BCUT2D eigenvalue weighted by Crippen LogP contribution is -2.13. The van der Waals surface area contributed by atoms with Gasteiger partial charge in [-0.05, 0) is 26.2 Å². The Balaban J connectivity index is 2.21. The van der Waals surface area contributed by atoms with E-state index in [1.807, 2.05) is 0 Å². The van der Waals surface area contributed by atoms with Crippen LogP contribution in [0.15, 0.2) is 12.4 Å². The normalized spacial score (nSPS) is 13.0. The van der Waals surface area contributed by atoms with Crippen LogP contribution in [0.3, 0.4) is 0 Å². The van der Waals surface area contributed by atoms with Crippen molar-refractivity contribution in [2.45, 2.75) is 271 Å². The summed E-state index contributed by atoms with van der Waals surface area (Å²) in [5.74, 6) is 2.06. The van der Waals surface area contributed by atoms with Gasteiger partial charge in [-0.3, -0.25) is 0 Å². The molecule has 0 spiro atoms. The first-order chi connectivity index (χ1) is 23.2. The molecule has 1 aromatic rings. The van der Waals surface area contributed by atoms with Gasteiger partial charge < -0.3 is 4.57 Å². The van der Waals surface area contributed by atoms with Crippen molar-refractivity contribution >= 4 is 0 Å². The summed E-state index contributed by atoms with van der Waals surface area (Å²) in [6.45, 7) is 9.36. The van der Waals surface area contributed by atoms with E-state index < -0.39 is 0 Å². The van der Waals surface area contributed by atoms with Crippen LogP contribution in [0.25, 0.3) is 0 Å². The van der Waals surface area contributed by atoms with Crippen LogP contribution in [0, 0.1) is 0 Å². The van der Waals surface area contributed by atoms with Gasteiger partial charge in [0.2, 0.25) is 0 Å². The molecule has 0 amide bonds. The molecule has 0 aliphatic heterocycles. The summed E-state index contributed by atoms with van der Waals surface area (Å²) in [7, 11) is 0. The predicted molar refractivity (Wildman–Crippen MR) is 213 cm³/mol. The van der Waals surface area contributed by atoms with Gasteiger partial charge in [-0.2, -0.15) is 0 Å². The highest BCUT2D eigenvalue weighted by atomic mass is 15.1.